The molecule has 0 atom stereocenters. The zero-order chi connectivity index (χ0) is 32.8. The topological polar surface area (TPSA) is 29.5 Å². The summed E-state index contributed by atoms with van der Waals surface area (Å²) in [5.41, 5.74) is 8.88. The molecule has 0 N–H and O–H groups in total. The molecular formula is C46H27NO2S. The van der Waals surface area contributed by atoms with Crippen molar-refractivity contribution in [3.8, 4) is 11.1 Å². The number of anilines is 3. The first-order chi connectivity index (χ1) is 24.8. The lowest BCUT2D eigenvalue weighted by Crippen LogP contribution is -2.10. The molecule has 0 radical (unpaired) electrons. The van der Waals surface area contributed by atoms with Crippen molar-refractivity contribution in [1.82, 2.24) is 0 Å². The molecule has 11 aromatic rings. The second kappa shape index (κ2) is 10.6. The highest BCUT2D eigenvalue weighted by atomic mass is 32.1. The van der Waals surface area contributed by atoms with Gasteiger partial charge in [-0.15, -0.1) is 11.3 Å². The zero-order valence-electron chi connectivity index (χ0n) is 26.8. The quantitative estimate of drug-likeness (QED) is 0.189. The summed E-state index contributed by atoms with van der Waals surface area (Å²) in [6, 6.07) is 58.1. The van der Waals surface area contributed by atoms with Crippen molar-refractivity contribution in [2.75, 3.05) is 4.90 Å². The molecule has 234 valence electrons. The molecule has 4 heteroatoms. The van der Waals surface area contributed by atoms with Gasteiger partial charge in [0.1, 0.15) is 16.7 Å². The minimum absolute atomic E-state index is 0.873. The third-order valence-corrected chi connectivity index (χ3v) is 11.2. The van der Waals surface area contributed by atoms with E-state index >= 15 is 0 Å². The molecule has 0 bridgehead atoms. The molecule has 0 spiro atoms. The molecule has 0 saturated heterocycles. The monoisotopic (exact) mass is 657 g/mol. The Labute approximate surface area is 290 Å². The van der Waals surface area contributed by atoms with Crippen LogP contribution in [0.2, 0.25) is 0 Å². The standard InChI is InChI=1S/C46H27NO2S/c1-2-12-31(13-3-1)47(32-22-20-28(21-23-32)33-15-8-16-35-34-14-6-7-19-40(34)48-44(33)35)39-18-9-17-37-43-41(49-45(37)39)25-24-36-38-26-29-10-4-5-11-30(29)27-42(38)50-46(36)43/h1-27H. The molecule has 0 saturated carbocycles. The highest BCUT2D eigenvalue weighted by Crippen LogP contribution is 2.47. The van der Waals surface area contributed by atoms with Crippen LogP contribution in [0.5, 0.6) is 0 Å². The van der Waals surface area contributed by atoms with Gasteiger partial charge < -0.3 is 13.7 Å². The second-order valence-electron chi connectivity index (χ2n) is 12.9. The molecule has 0 fully saturated rings. The molecule has 0 aliphatic rings. The van der Waals surface area contributed by atoms with Crippen LogP contribution in [0.3, 0.4) is 0 Å². The Morgan fingerprint density at radius 1 is 0.440 bits per heavy atom. The van der Waals surface area contributed by atoms with Gasteiger partial charge in [0.05, 0.1) is 5.69 Å². The van der Waals surface area contributed by atoms with Gasteiger partial charge in [-0.05, 0) is 77.0 Å². The van der Waals surface area contributed by atoms with Gasteiger partial charge in [-0.1, -0.05) is 103 Å². The van der Waals surface area contributed by atoms with Crippen molar-refractivity contribution in [2.45, 2.75) is 0 Å². The maximum atomic E-state index is 6.81. The summed E-state index contributed by atoms with van der Waals surface area (Å²) in [6.45, 7) is 0. The van der Waals surface area contributed by atoms with E-state index in [4.69, 9.17) is 8.83 Å². The summed E-state index contributed by atoms with van der Waals surface area (Å²) in [5.74, 6) is 0. The molecule has 3 nitrogen and oxygen atoms in total. The minimum Gasteiger partial charge on any atom is -0.455 e. The molecule has 0 unspecified atom stereocenters. The molecule has 3 aromatic heterocycles. The lowest BCUT2D eigenvalue weighted by molar-refractivity contribution is 0.669. The van der Waals surface area contributed by atoms with Gasteiger partial charge in [0.25, 0.3) is 0 Å². The Bertz CT molecular complexity index is 3090. The van der Waals surface area contributed by atoms with E-state index < -0.39 is 0 Å². The van der Waals surface area contributed by atoms with Gasteiger partial charge in [0.15, 0.2) is 5.58 Å². The lowest BCUT2D eigenvalue weighted by atomic mass is 10.0. The van der Waals surface area contributed by atoms with E-state index in [0.29, 0.717) is 0 Å². The SMILES string of the molecule is c1ccc(N(c2ccc(-c3cccc4c3oc3ccccc34)cc2)c2cccc3c2oc2ccc4c5cc6ccccc6cc5sc4c23)cc1. The fourth-order valence-electron chi connectivity index (χ4n) is 7.73. The van der Waals surface area contributed by atoms with Crippen LogP contribution in [0.4, 0.5) is 17.1 Å². The van der Waals surface area contributed by atoms with Gasteiger partial charge >= 0.3 is 0 Å². The van der Waals surface area contributed by atoms with Crippen molar-refractivity contribution in [1.29, 1.82) is 0 Å². The van der Waals surface area contributed by atoms with Crippen molar-refractivity contribution in [3.63, 3.8) is 0 Å². The molecule has 3 heterocycles. The second-order valence-corrected chi connectivity index (χ2v) is 13.9. The number of para-hydroxylation sites is 4. The van der Waals surface area contributed by atoms with E-state index in [0.717, 1.165) is 66.7 Å². The average molecular weight is 658 g/mol. The Morgan fingerprint density at radius 3 is 2.02 bits per heavy atom. The van der Waals surface area contributed by atoms with Crippen LogP contribution in [0.25, 0.3) is 85.9 Å². The van der Waals surface area contributed by atoms with Crippen molar-refractivity contribution in [2.24, 2.45) is 0 Å². The maximum absolute atomic E-state index is 6.81. The van der Waals surface area contributed by atoms with Crippen molar-refractivity contribution < 1.29 is 8.83 Å². The van der Waals surface area contributed by atoms with E-state index in [9.17, 15) is 0 Å². The maximum Gasteiger partial charge on any atom is 0.159 e. The van der Waals surface area contributed by atoms with Crippen LogP contribution in [0, 0.1) is 0 Å². The molecule has 0 aliphatic carbocycles. The number of furan rings is 2. The van der Waals surface area contributed by atoms with Gasteiger partial charge in [0.2, 0.25) is 0 Å². The van der Waals surface area contributed by atoms with Gasteiger partial charge in [0, 0.05) is 58.7 Å². The number of rotatable bonds is 4. The predicted molar refractivity (Wildman–Crippen MR) is 212 cm³/mol. The summed E-state index contributed by atoms with van der Waals surface area (Å²) in [7, 11) is 0. The average Bonchev–Trinajstić information content (AvgIpc) is 3.86. The van der Waals surface area contributed by atoms with E-state index in [1.165, 1.54) is 36.3 Å². The number of hydrogen-bond acceptors (Lipinski definition) is 4. The van der Waals surface area contributed by atoms with Gasteiger partial charge in [-0.2, -0.15) is 0 Å². The first kappa shape index (κ1) is 27.6. The predicted octanol–water partition coefficient (Wildman–Crippen LogP) is 14.1. The number of hydrogen-bond donors (Lipinski definition) is 0. The van der Waals surface area contributed by atoms with Crippen LogP contribution in [0.1, 0.15) is 0 Å². The van der Waals surface area contributed by atoms with Crippen LogP contribution in [-0.2, 0) is 0 Å². The Morgan fingerprint density at radius 2 is 1.14 bits per heavy atom. The molecule has 11 rings (SSSR count). The van der Waals surface area contributed by atoms with Crippen LogP contribution < -0.4 is 4.90 Å². The molecule has 8 aromatic carbocycles. The zero-order valence-corrected chi connectivity index (χ0v) is 27.6. The number of nitrogens with zero attached hydrogens (tertiary/aromatic N) is 1. The van der Waals surface area contributed by atoms with Crippen LogP contribution in [-0.4, -0.2) is 0 Å². The minimum atomic E-state index is 0.873. The Kier molecular flexibility index (Phi) is 5.83. The summed E-state index contributed by atoms with van der Waals surface area (Å²) in [5, 5.41) is 9.65. The number of fused-ring (bicyclic) bond motifs is 11. The van der Waals surface area contributed by atoms with Crippen LogP contribution >= 0.6 is 11.3 Å². The third-order valence-electron chi connectivity index (χ3n) is 10.0. The summed E-state index contributed by atoms with van der Waals surface area (Å²) in [4.78, 5) is 2.30. The molecule has 0 aliphatic heterocycles. The fourth-order valence-corrected chi connectivity index (χ4v) is 9.02. The number of benzene rings is 8. The summed E-state index contributed by atoms with van der Waals surface area (Å²) < 4.78 is 15.7. The van der Waals surface area contributed by atoms with E-state index in [1.807, 2.05) is 23.5 Å². The lowest BCUT2D eigenvalue weighted by Gasteiger charge is -2.25. The third kappa shape index (κ3) is 4.03. The Hall–Kier alpha value is -6.36. The fraction of sp³-hybridized carbons (Fsp3) is 0. The van der Waals surface area contributed by atoms with Gasteiger partial charge in [-0.25, -0.2) is 0 Å². The molecular weight excluding hydrogens is 631 g/mol. The van der Waals surface area contributed by atoms with E-state index in [2.05, 4.69) is 157 Å². The van der Waals surface area contributed by atoms with Crippen LogP contribution in [0.15, 0.2) is 173 Å². The highest BCUT2D eigenvalue weighted by molar-refractivity contribution is 7.26. The largest absolute Gasteiger partial charge is 0.455 e. The summed E-state index contributed by atoms with van der Waals surface area (Å²) >= 11 is 1.85. The molecule has 50 heavy (non-hydrogen) atoms. The Balaban J connectivity index is 1.09. The summed E-state index contributed by atoms with van der Waals surface area (Å²) in [6.07, 6.45) is 0. The van der Waals surface area contributed by atoms with Crippen molar-refractivity contribution in [3.05, 3.63) is 164 Å². The van der Waals surface area contributed by atoms with Gasteiger partial charge in [-0.3, -0.25) is 0 Å². The first-order valence-electron chi connectivity index (χ1n) is 16.8. The first-order valence-corrected chi connectivity index (χ1v) is 17.7. The number of thiophene rings is 1. The normalized spacial score (nSPS) is 12.0. The van der Waals surface area contributed by atoms with E-state index in [1.54, 1.807) is 0 Å². The van der Waals surface area contributed by atoms with E-state index in [-0.39, 0.29) is 0 Å². The smallest absolute Gasteiger partial charge is 0.159 e. The molecule has 0 amide bonds. The van der Waals surface area contributed by atoms with Crippen molar-refractivity contribution >= 4 is 103 Å². The highest BCUT2D eigenvalue weighted by Gasteiger charge is 2.22.